The quantitative estimate of drug-likeness (QED) is 0.489. The van der Waals surface area contributed by atoms with Crippen molar-refractivity contribution >= 4 is 29.3 Å². The van der Waals surface area contributed by atoms with E-state index in [4.69, 9.17) is 0 Å². The molecule has 4 rings (SSSR count). The molecule has 3 aromatic carbocycles. The third kappa shape index (κ3) is 3.50. The zero-order valence-corrected chi connectivity index (χ0v) is 15.8. The van der Waals surface area contributed by atoms with Crippen molar-refractivity contribution in [2.45, 2.75) is 10.5 Å². The van der Waals surface area contributed by atoms with Crippen LogP contribution in [0.15, 0.2) is 101 Å². The molecule has 1 aliphatic heterocycles. The average molecular weight is 375 g/mol. The van der Waals surface area contributed by atoms with E-state index >= 15 is 0 Å². The smallest absolute Gasteiger partial charge is 0.199 e. The van der Waals surface area contributed by atoms with E-state index in [9.17, 15) is 4.79 Å². The molecule has 1 nitrogen and oxygen atoms in total. The highest BCUT2D eigenvalue weighted by molar-refractivity contribution is 8.24. The maximum absolute atomic E-state index is 12.9. The lowest BCUT2D eigenvalue weighted by Gasteiger charge is -2.28. The topological polar surface area (TPSA) is 17.1 Å². The van der Waals surface area contributed by atoms with Gasteiger partial charge in [-0.1, -0.05) is 103 Å². The van der Waals surface area contributed by atoms with Gasteiger partial charge in [0.25, 0.3) is 0 Å². The first-order chi connectivity index (χ1) is 12.8. The van der Waals surface area contributed by atoms with E-state index < -0.39 is 0 Å². The molecule has 0 saturated carbocycles. The van der Waals surface area contributed by atoms with Gasteiger partial charge in [-0.25, -0.2) is 0 Å². The Morgan fingerprint density at radius 2 is 1.35 bits per heavy atom. The second-order valence-corrected chi connectivity index (χ2v) is 8.95. The minimum absolute atomic E-state index is 0.106. The molecule has 0 spiro atoms. The standard InChI is InChI=1S/C23H18OS2/c24-22(19-12-6-2-7-13-19)21-17-25-23(26-21,20-14-8-3-9-15-20)16-18-10-4-1-5-11-18/h1-15,17H,16H2/t23-/m0/s1. The van der Waals surface area contributed by atoms with Crippen molar-refractivity contribution < 1.29 is 4.79 Å². The van der Waals surface area contributed by atoms with Gasteiger partial charge in [0, 0.05) is 12.0 Å². The number of hydrogen-bond acceptors (Lipinski definition) is 3. The minimum Gasteiger partial charge on any atom is -0.288 e. The van der Waals surface area contributed by atoms with Crippen molar-refractivity contribution in [3.05, 3.63) is 118 Å². The Morgan fingerprint density at radius 1 is 0.769 bits per heavy atom. The Kier molecular flexibility index (Phi) is 5.00. The van der Waals surface area contributed by atoms with Crippen LogP contribution in [0.1, 0.15) is 21.5 Å². The van der Waals surface area contributed by atoms with Crippen LogP contribution in [0.2, 0.25) is 0 Å². The normalized spacial score (nSPS) is 19.2. The first kappa shape index (κ1) is 17.2. The van der Waals surface area contributed by atoms with Crippen molar-refractivity contribution in [3.63, 3.8) is 0 Å². The SMILES string of the molecule is O=C(C1=CS[C@](Cc2ccccc2)(c2ccccc2)S1)c1ccccc1. The Labute approximate surface area is 162 Å². The average Bonchev–Trinajstić information content (AvgIpc) is 3.15. The highest BCUT2D eigenvalue weighted by Gasteiger charge is 2.40. The molecule has 0 aromatic heterocycles. The lowest BCUT2D eigenvalue weighted by molar-refractivity contribution is 0.104. The number of rotatable bonds is 5. The monoisotopic (exact) mass is 374 g/mol. The van der Waals surface area contributed by atoms with Crippen LogP contribution < -0.4 is 0 Å². The summed E-state index contributed by atoms with van der Waals surface area (Å²) in [6.45, 7) is 0. The first-order valence-corrected chi connectivity index (χ1v) is 10.2. The second kappa shape index (κ2) is 7.56. The largest absolute Gasteiger partial charge is 0.288 e. The Bertz CT molecular complexity index is 920. The first-order valence-electron chi connectivity index (χ1n) is 8.53. The van der Waals surface area contributed by atoms with Gasteiger partial charge >= 0.3 is 0 Å². The fourth-order valence-corrected chi connectivity index (χ4v) is 6.00. The predicted molar refractivity (Wildman–Crippen MR) is 112 cm³/mol. The van der Waals surface area contributed by atoms with Crippen molar-refractivity contribution in [1.82, 2.24) is 0 Å². The second-order valence-electron chi connectivity index (χ2n) is 6.18. The van der Waals surface area contributed by atoms with Crippen molar-refractivity contribution in [1.29, 1.82) is 0 Å². The number of ketones is 1. The molecule has 1 atom stereocenters. The molecule has 0 fully saturated rings. The maximum Gasteiger partial charge on any atom is 0.199 e. The molecular weight excluding hydrogens is 356 g/mol. The van der Waals surface area contributed by atoms with Gasteiger partial charge in [-0.15, -0.1) is 11.8 Å². The lowest BCUT2D eigenvalue weighted by Crippen LogP contribution is -2.19. The van der Waals surface area contributed by atoms with Gasteiger partial charge in [0.1, 0.15) is 0 Å². The van der Waals surface area contributed by atoms with E-state index in [2.05, 4.69) is 48.5 Å². The van der Waals surface area contributed by atoms with E-state index in [-0.39, 0.29) is 9.86 Å². The summed E-state index contributed by atoms with van der Waals surface area (Å²) in [5.74, 6) is 0.106. The van der Waals surface area contributed by atoms with E-state index in [1.807, 2.05) is 47.9 Å². The number of hydrogen-bond donors (Lipinski definition) is 0. The fraction of sp³-hybridized carbons (Fsp3) is 0.0870. The molecule has 0 aliphatic carbocycles. The maximum atomic E-state index is 12.9. The van der Waals surface area contributed by atoms with Crippen molar-refractivity contribution in [2.24, 2.45) is 0 Å². The fourth-order valence-electron chi connectivity index (χ4n) is 3.07. The van der Waals surface area contributed by atoms with Gasteiger partial charge in [0.05, 0.1) is 8.98 Å². The van der Waals surface area contributed by atoms with E-state index in [1.165, 1.54) is 11.1 Å². The number of Topliss-reactive ketones (excluding diaryl/α,β-unsaturated/α-hetero) is 1. The Hall–Kier alpha value is -2.23. The lowest BCUT2D eigenvalue weighted by atomic mass is 10.0. The Morgan fingerprint density at radius 3 is 2.00 bits per heavy atom. The van der Waals surface area contributed by atoms with Crippen LogP contribution in [0.25, 0.3) is 0 Å². The molecule has 1 aliphatic rings. The summed E-state index contributed by atoms with van der Waals surface area (Å²) in [5, 5.41) is 2.04. The van der Waals surface area contributed by atoms with E-state index in [0.717, 1.165) is 16.9 Å². The summed E-state index contributed by atoms with van der Waals surface area (Å²) in [6, 6.07) is 30.5. The van der Waals surface area contributed by atoms with Crippen LogP contribution in [0.3, 0.4) is 0 Å². The molecule has 3 aromatic rings. The molecule has 0 radical (unpaired) electrons. The van der Waals surface area contributed by atoms with Gasteiger partial charge < -0.3 is 0 Å². The van der Waals surface area contributed by atoms with Gasteiger partial charge in [0.2, 0.25) is 0 Å². The number of carbonyl (C=O) groups is 1. The van der Waals surface area contributed by atoms with Crippen LogP contribution in [0.4, 0.5) is 0 Å². The van der Waals surface area contributed by atoms with E-state index in [0.29, 0.717) is 0 Å². The zero-order valence-electron chi connectivity index (χ0n) is 14.2. The molecule has 0 unspecified atom stereocenters. The van der Waals surface area contributed by atoms with Crippen molar-refractivity contribution in [2.75, 3.05) is 0 Å². The Balaban J connectivity index is 1.65. The predicted octanol–water partition coefficient (Wildman–Crippen LogP) is 6.29. The number of benzene rings is 3. The molecule has 128 valence electrons. The van der Waals surface area contributed by atoms with Gasteiger partial charge in [0.15, 0.2) is 5.78 Å². The summed E-state index contributed by atoms with van der Waals surface area (Å²) >= 11 is 3.43. The minimum atomic E-state index is -0.206. The van der Waals surface area contributed by atoms with Crippen LogP contribution in [0.5, 0.6) is 0 Å². The zero-order chi connectivity index (χ0) is 17.8. The summed E-state index contributed by atoms with van der Waals surface area (Å²) < 4.78 is -0.206. The molecule has 0 amide bonds. The number of thioether (sulfide) groups is 2. The van der Waals surface area contributed by atoms with Crippen LogP contribution in [-0.2, 0) is 10.5 Å². The molecule has 0 bridgehead atoms. The number of allylic oxidation sites excluding steroid dienone is 1. The molecule has 26 heavy (non-hydrogen) atoms. The van der Waals surface area contributed by atoms with Gasteiger partial charge in [-0.2, -0.15) is 0 Å². The van der Waals surface area contributed by atoms with E-state index in [1.54, 1.807) is 23.5 Å². The molecule has 1 heterocycles. The molecule has 0 N–H and O–H groups in total. The van der Waals surface area contributed by atoms with Crippen LogP contribution >= 0.6 is 23.5 Å². The molecular formula is C23H18OS2. The molecule has 3 heteroatoms. The summed E-state index contributed by atoms with van der Waals surface area (Å²) in [7, 11) is 0. The summed E-state index contributed by atoms with van der Waals surface area (Å²) in [6.07, 6.45) is 0.870. The van der Waals surface area contributed by atoms with Gasteiger partial charge in [-0.05, 0) is 16.5 Å². The van der Waals surface area contributed by atoms with Crippen LogP contribution in [-0.4, -0.2) is 5.78 Å². The van der Waals surface area contributed by atoms with Crippen molar-refractivity contribution in [3.8, 4) is 0 Å². The third-order valence-electron chi connectivity index (χ3n) is 4.38. The summed E-state index contributed by atoms with van der Waals surface area (Å²) in [4.78, 5) is 13.7. The number of carbonyl (C=O) groups excluding carboxylic acids is 1. The van der Waals surface area contributed by atoms with Crippen LogP contribution in [0, 0.1) is 0 Å². The molecule has 0 saturated heterocycles. The highest BCUT2D eigenvalue weighted by Crippen LogP contribution is 2.58. The third-order valence-corrected chi connectivity index (χ3v) is 7.42. The van der Waals surface area contributed by atoms with Gasteiger partial charge in [-0.3, -0.25) is 4.79 Å². The highest BCUT2D eigenvalue weighted by atomic mass is 32.2. The summed E-state index contributed by atoms with van der Waals surface area (Å²) in [5.41, 5.74) is 3.26.